The molecule has 5 heteroatoms. The molecule has 100 valence electrons. The first-order valence-corrected chi connectivity index (χ1v) is 5.66. The van der Waals surface area contributed by atoms with Crippen LogP contribution in [-0.4, -0.2) is 4.98 Å². The van der Waals surface area contributed by atoms with E-state index in [-0.39, 0.29) is 5.69 Å². The van der Waals surface area contributed by atoms with E-state index in [1.165, 1.54) is 0 Å². The van der Waals surface area contributed by atoms with E-state index in [0.717, 1.165) is 17.2 Å². The van der Waals surface area contributed by atoms with Crippen molar-refractivity contribution in [2.75, 3.05) is 0 Å². The summed E-state index contributed by atoms with van der Waals surface area (Å²) >= 11 is 0. The van der Waals surface area contributed by atoms with Crippen LogP contribution in [0.4, 0.5) is 13.2 Å². The Labute approximate surface area is 107 Å². The largest absolute Gasteiger partial charge is 0.416 e. The van der Waals surface area contributed by atoms with Gasteiger partial charge in [0.15, 0.2) is 0 Å². The third-order valence-electron chi connectivity index (χ3n) is 2.84. The molecule has 0 aliphatic carbocycles. The second kappa shape index (κ2) is 4.57. The fourth-order valence-corrected chi connectivity index (χ4v) is 1.97. The number of aromatic amines is 1. The van der Waals surface area contributed by atoms with Gasteiger partial charge in [0.2, 0.25) is 5.56 Å². The van der Waals surface area contributed by atoms with Crippen molar-refractivity contribution < 1.29 is 13.2 Å². The van der Waals surface area contributed by atoms with E-state index < -0.39 is 17.3 Å². The molecule has 0 atom stereocenters. The highest BCUT2D eigenvalue weighted by molar-refractivity contribution is 5.64. The topological polar surface area (TPSA) is 32.9 Å². The maximum atomic E-state index is 12.7. The predicted molar refractivity (Wildman–Crippen MR) is 67.0 cm³/mol. The quantitative estimate of drug-likeness (QED) is 0.840. The molecule has 2 rings (SSSR count). The number of aromatic nitrogens is 1. The molecule has 1 aromatic carbocycles. The van der Waals surface area contributed by atoms with Crippen LogP contribution in [0.2, 0.25) is 0 Å². The lowest BCUT2D eigenvalue weighted by atomic mass is 10.0. The summed E-state index contributed by atoms with van der Waals surface area (Å²) < 4.78 is 38.0. The van der Waals surface area contributed by atoms with Crippen molar-refractivity contribution in [1.29, 1.82) is 0 Å². The Morgan fingerprint density at radius 3 is 2.32 bits per heavy atom. The SMILES string of the molecule is Cc1ccc(-c2cc(C(F)(F)F)cc(=O)[nH]2)c(C)c1. The van der Waals surface area contributed by atoms with Gasteiger partial charge in [-0.1, -0.05) is 23.8 Å². The van der Waals surface area contributed by atoms with E-state index in [1.54, 1.807) is 19.1 Å². The zero-order valence-electron chi connectivity index (χ0n) is 10.4. The Balaban J connectivity index is 2.63. The fraction of sp³-hybridized carbons (Fsp3) is 0.214. The molecule has 0 aliphatic heterocycles. The summed E-state index contributed by atoms with van der Waals surface area (Å²) in [4.78, 5) is 13.8. The number of rotatable bonds is 1. The number of hydrogen-bond donors (Lipinski definition) is 1. The van der Waals surface area contributed by atoms with Crippen LogP contribution in [0.5, 0.6) is 0 Å². The summed E-state index contributed by atoms with van der Waals surface area (Å²) in [5.74, 6) is 0. The molecule has 0 amide bonds. The minimum atomic E-state index is -4.53. The van der Waals surface area contributed by atoms with Gasteiger partial charge in [0.05, 0.1) is 5.56 Å². The molecule has 0 spiro atoms. The van der Waals surface area contributed by atoms with E-state index in [0.29, 0.717) is 11.6 Å². The van der Waals surface area contributed by atoms with Crippen molar-refractivity contribution in [2.45, 2.75) is 20.0 Å². The Morgan fingerprint density at radius 2 is 1.74 bits per heavy atom. The Morgan fingerprint density at radius 1 is 1.05 bits per heavy atom. The molecule has 0 unspecified atom stereocenters. The summed E-state index contributed by atoms with van der Waals surface area (Å²) in [6, 6.07) is 6.87. The van der Waals surface area contributed by atoms with Gasteiger partial charge in [-0.2, -0.15) is 13.2 Å². The predicted octanol–water partition coefficient (Wildman–Crippen LogP) is 3.68. The first kappa shape index (κ1) is 13.4. The second-order valence-electron chi connectivity index (χ2n) is 4.46. The van der Waals surface area contributed by atoms with E-state index in [4.69, 9.17) is 0 Å². The normalized spacial score (nSPS) is 11.6. The molecule has 0 saturated carbocycles. The number of pyridine rings is 1. The lowest BCUT2D eigenvalue weighted by molar-refractivity contribution is -0.137. The van der Waals surface area contributed by atoms with Crippen LogP contribution in [0.25, 0.3) is 11.3 Å². The number of hydrogen-bond acceptors (Lipinski definition) is 1. The number of nitrogens with one attached hydrogen (secondary N) is 1. The molecule has 0 bridgehead atoms. The van der Waals surface area contributed by atoms with Crippen molar-refractivity contribution in [2.24, 2.45) is 0 Å². The summed E-state index contributed by atoms with van der Waals surface area (Å²) in [6.45, 7) is 3.69. The standard InChI is InChI=1S/C14H12F3NO/c1-8-3-4-11(9(2)5-8)12-6-10(14(15,16)17)7-13(19)18-12/h3-7H,1-2H3,(H,18,19). The lowest BCUT2D eigenvalue weighted by Crippen LogP contribution is -2.14. The van der Waals surface area contributed by atoms with Crippen molar-refractivity contribution >= 4 is 0 Å². The van der Waals surface area contributed by atoms with Gasteiger partial charge < -0.3 is 4.98 Å². The highest BCUT2D eigenvalue weighted by Crippen LogP contribution is 2.31. The van der Waals surface area contributed by atoms with Crippen molar-refractivity contribution in [3.63, 3.8) is 0 Å². The molecule has 1 heterocycles. The van der Waals surface area contributed by atoms with Crippen LogP contribution < -0.4 is 5.56 Å². The Bertz CT molecular complexity index is 671. The number of H-pyrrole nitrogens is 1. The van der Waals surface area contributed by atoms with Gasteiger partial charge >= 0.3 is 6.18 Å². The van der Waals surface area contributed by atoms with E-state index >= 15 is 0 Å². The zero-order chi connectivity index (χ0) is 14.2. The summed E-state index contributed by atoms with van der Waals surface area (Å²) in [7, 11) is 0. The van der Waals surface area contributed by atoms with Gasteiger partial charge in [-0.15, -0.1) is 0 Å². The van der Waals surface area contributed by atoms with Crippen molar-refractivity contribution in [3.8, 4) is 11.3 Å². The van der Waals surface area contributed by atoms with Gasteiger partial charge in [-0.25, -0.2) is 0 Å². The first-order chi connectivity index (χ1) is 8.77. The van der Waals surface area contributed by atoms with Crippen molar-refractivity contribution in [3.05, 3.63) is 57.4 Å². The van der Waals surface area contributed by atoms with Gasteiger partial charge in [-0.05, 0) is 25.5 Å². The molecule has 2 aromatic rings. The number of benzene rings is 1. The zero-order valence-corrected chi connectivity index (χ0v) is 10.4. The Kier molecular flexibility index (Phi) is 3.22. The summed E-state index contributed by atoms with van der Waals surface area (Å²) in [6.07, 6.45) is -4.53. The van der Waals surface area contributed by atoms with Crippen LogP contribution in [0, 0.1) is 13.8 Å². The highest BCUT2D eigenvalue weighted by atomic mass is 19.4. The third kappa shape index (κ3) is 2.86. The fourth-order valence-electron chi connectivity index (χ4n) is 1.97. The summed E-state index contributed by atoms with van der Waals surface area (Å²) in [5, 5.41) is 0. The van der Waals surface area contributed by atoms with Gasteiger partial charge in [-0.3, -0.25) is 4.79 Å². The molecule has 0 fully saturated rings. The molecule has 1 N–H and O–H groups in total. The number of alkyl halides is 3. The molecule has 2 nitrogen and oxygen atoms in total. The van der Waals surface area contributed by atoms with Crippen LogP contribution in [0.15, 0.2) is 35.1 Å². The molecule has 0 saturated heterocycles. The average Bonchev–Trinajstić information content (AvgIpc) is 2.26. The molecular weight excluding hydrogens is 255 g/mol. The number of halogens is 3. The van der Waals surface area contributed by atoms with Crippen LogP contribution in [0.3, 0.4) is 0 Å². The number of aryl methyl sites for hydroxylation is 2. The minimum Gasteiger partial charge on any atom is -0.322 e. The van der Waals surface area contributed by atoms with E-state index in [2.05, 4.69) is 4.98 Å². The maximum absolute atomic E-state index is 12.7. The van der Waals surface area contributed by atoms with E-state index in [1.807, 2.05) is 13.0 Å². The van der Waals surface area contributed by atoms with Gasteiger partial charge in [0.25, 0.3) is 0 Å². The molecule has 0 aliphatic rings. The summed E-state index contributed by atoms with van der Waals surface area (Å²) in [5.41, 5.74) is 0.896. The van der Waals surface area contributed by atoms with Crippen molar-refractivity contribution in [1.82, 2.24) is 4.98 Å². The molecular formula is C14H12F3NO. The average molecular weight is 267 g/mol. The smallest absolute Gasteiger partial charge is 0.322 e. The lowest BCUT2D eigenvalue weighted by Gasteiger charge is -2.10. The van der Waals surface area contributed by atoms with Crippen LogP contribution in [-0.2, 0) is 6.18 Å². The molecule has 1 aromatic heterocycles. The highest BCUT2D eigenvalue weighted by Gasteiger charge is 2.31. The maximum Gasteiger partial charge on any atom is 0.416 e. The van der Waals surface area contributed by atoms with Gasteiger partial charge in [0, 0.05) is 17.3 Å². The molecule has 19 heavy (non-hydrogen) atoms. The van der Waals surface area contributed by atoms with Crippen LogP contribution >= 0.6 is 0 Å². The third-order valence-corrected chi connectivity index (χ3v) is 2.84. The van der Waals surface area contributed by atoms with Crippen LogP contribution in [0.1, 0.15) is 16.7 Å². The van der Waals surface area contributed by atoms with E-state index in [9.17, 15) is 18.0 Å². The van der Waals surface area contributed by atoms with Gasteiger partial charge in [0.1, 0.15) is 0 Å². The minimum absolute atomic E-state index is 0.178. The Hall–Kier alpha value is -2.04. The second-order valence-corrected chi connectivity index (χ2v) is 4.46. The monoisotopic (exact) mass is 267 g/mol. The first-order valence-electron chi connectivity index (χ1n) is 5.66. The molecule has 0 radical (unpaired) electrons.